The summed E-state index contributed by atoms with van der Waals surface area (Å²) in [5.41, 5.74) is 0.601. The van der Waals surface area contributed by atoms with E-state index in [2.05, 4.69) is 30.3 Å². The molecule has 0 atom stereocenters. The van der Waals surface area contributed by atoms with Crippen LogP contribution in [0.1, 0.15) is 74.0 Å². The van der Waals surface area contributed by atoms with E-state index >= 15 is 0 Å². The molecule has 1 aliphatic carbocycles. The molecule has 176 valence electrons. The van der Waals surface area contributed by atoms with Crippen molar-refractivity contribution >= 4 is 22.9 Å². The molecule has 8 heteroatoms. The minimum atomic E-state index is -4.53. The van der Waals surface area contributed by atoms with Crippen LogP contribution in [-0.4, -0.2) is 23.6 Å². The second-order valence-electron chi connectivity index (χ2n) is 9.42. The zero-order valence-electron chi connectivity index (χ0n) is 19.6. The molecule has 1 heterocycles. The molecule has 1 amide bonds. The Morgan fingerprint density at radius 3 is 2.31 bits per heavy atom. The van der Waals surface area contributed by atoms with Crippen molar-refractivity contribution in [3.63, 3.8) is 0 Å². The third-order valence-electron chi connectivity index (χ3n) is 5.83. The van der Waals surface area contributed by atoms with Crippen LogP contribution in [0.25, 0.3) is 0 Å². The van der Waals surface area contributed by atoms with Crippen molar-refractivity contribution in [3.05, 3.63) is 44.7 Å². The van der Waals surface area contributed by atoms with E-state index in [1.165, 1.54) is 17.4 Å². The summed E-state index contributed by atoms with van der Waals surface area (Å²) in [6, 6.07) is 3.36. The summed E-state index contributed by atoms with van der Waals surface area (Å²) < 4.78 is 42.3. The molecule has 4 nitrogen and oxygen atoms in total. The third kappa shape index (κ3) is 5.27. The summed E-state index contributed by atoms with van der Waals surface area (Å²) in [4.78, 5) is 21.3. The van der Waals surface area contributed by atoms with Gasteiger partial charge in [-0.15, -0.1) is 11.3 Å². The summed E-state index contributed by atoms with van der Waals surface area (Å²) in [5, 5.41) is 0. The molecule has 0 unspecified atom stereocenters. The molecule has 0 N–H and O–H groups in total. The molecule has 2 aromatic rings. The highest BCUT2D eigenvalue weighted by atomic mass is 32.1. The van der Waals surface area contributed by atoms with E-state index in [4.69, 9.17) is 0 Å². The second-order valence-corrected chi connectivity index (χ2v) is 10.4. The molecule has 0 bridgehead atoms. The van der Waals surface area contributed by atoms with Gasteiger partial charge in [0.2, 0.25) is 0 Å². The normalized spacial score (nSPS) is 15.3. The molecule has 1 aromatic heterocycles. The standard InChI is InChI=1S/C24H32F3N3OS/c1-7-29(8-2)19-12-11-17(24(25,26)27)13-18(19)21(31)28-22-30(14-16-9-10-16)15(3)20(32-22)23(4,5)6/h11-13,16H,7-10,14H2,1-6H3/b28-22-. The fraction of sp³-hybridized carbons (Fsp3) is 0.583. The summed E-state index contributed by atoms with van der Waals surface area (Å²) >= 11 is 1.46. The van der Waals surface area contributed by atoms with E-state index in [1.807, 2.05) is 25.7 Å². The molecule has 0 spiro atoms. The Hall–Kier alpha value is -2.09. The molecule has 1 saturated carbocycles. The van der Waals surface area contributed by atoms with Crippen LogP contribution >= 0.6 is 11.3 Å². The van der Waals surface area contributed by atoms with Gasteiger partial charge in [0.15, 0.2) is 4.80 Å². The number of hydrogen-bond acceptors (Lipinski definition) is 3. The smallest absolute Gasteiger partial charge is 0.371 e. The number of rotatable bonds is 6. The molecule has 1 fully saturated rings. The van der Waals surface area contributed by atoms with Crippen LogP contribution < -0.4 is 9.70 Å². The number of carbonyl (C=O) groups excluding carboxylic acids is 1. The molecule has 1 aliphatic rings. The molecule has 0 saturated heterocycles. The summed E-state index contributed by atoms with van der Waals surface area (Å²) in [6.07, 6.45) is -2.22. The number of hydrogen-bond donors (Lipinski definition) is 0. The Labute approximate surface area is 191 Å². The minimum absolute atomic E-state index is 0.00939. The SMILES string of the molecule is CCN(CC)c1ccc(C(F)(F)F)cc1C(=O)/N=c1\sc(C(C)(C)C)c(C)n1CC1CC1. The minimum Gasteiger partial charge on any atom is -0.371 e. The number of halogens is 3. The van der Waals surface area contributed by atoms with E-state index in [0.717, 1.165) is 42.1 Å². The number of benzene rings is 1. The molecular weight excluding hydrogens is 435 g/mol. The highest BCUT2D eigenvalue weighted by Crippen LogP contribution is 2.35. The van der Waals surface area contributed by atoms with E-state index < -0.39 is 17.6 Å². The molecule has 1 aromatic carbocycles. The Kier molecular flexibility index (Phi) is 6.94. The summed E-state index contributed by atoms with van der Waals surface area (Å²) in [7, 11) is 0. The number of thiazole rings is 1. The quantitative estimate of drug-likeness (QED) is 0.509. The van der Waals surface area contributed by atoms with Crippen molar-refractivity contribution in [2.24, 2.45) is 10.9 Å². The first-order valence-corrected chi connectivity index (χ1v) is 11.9. The van der Waals surface area contributed by atoms with Crippen molar-refractivity contribution in [1.29, 1.82) is 0 Å². The van der Waals surface area contributed by atoms with Gasteiger partial charge < -0.3 is 9.47 Å². The van der Waals surface area contributed by atoms with E-state index in [0.29, 0.717) is 29.5 Å². The second kappa shape index (κ2) is 9.04. The molecular formula is C24H32F3N3OS. The lowest BCUT2D eigenvalue weighted by Gasteiger charge is -2.24. The van der Waals surface area contributed by atoms with Gasteiger partial charge in [-0.1, -0.05) is 20.8 Å². The van der Waals surface area contributed by atoms with Gasteiger partial charge in [-0.25, -0.2) is 0 Å². The number of anilines is 1. The van der Waals surface area contributed by atoms with E-state index in [9.17, 15) is 18.0 Å². The third-order valence-corrected chi connectivity index (χ3v) is 7.44. The highest BCUT2D eigenvalue weighted by molar-refractivity contribution is 7.09. The fourth-order valence-corrected chi connectivity index (χ4v) is 5.11. The average Bonchev–Trinajstić information content (AvgIpc) is 3.47. The molecule has 32 heavy (non-hydrogen) atoms. The lowest BCUT2D eigenvalue weighted by Crippen LogP contribution is -2.25. The predicted molar refractivity (Wildman–Crippen MR) is 123 cm³/mol. The lowest BCUT2D eigenvalue weighted by atomic mass is 9.93. The van der Waals surface area contributed by atoms with Crippen LogP contribution in [0.4, 0.5) is 18.9 Å². The van der Waals surface area contributed by atoms with Crippen molar-refractivity contribution in [1.82, 2.24) is 4.57 Å². The maximum absolute atomic E-state index is 13.4. The first-order chi connectivity index (χ1) is 14.9. The number of amides is 1. The molecule has 0 aliphatic heterocycles. The van der Waals surface area contributed by atoms with Crippen LogP contribution in [0.2, 0.25) is 0 Å². The van der Waals surface area contributed by atoms with E-state index in [1.54, 1.807) is 0 Å². The van der Waals surface area contributed by atoms with Crippen LogP contribution in [0.15, 0.2) is 23.2 Å². The van der Waals surface area contributed by atoms with Gasteiger partial charge in [-0.3, -0.25) is 4.79 Å². The van der Waals surface area contributed by atoms with Gasteiger partial charge in [0.05, 0.1) is 11.1 Å². The van der Waals surface area contributed by atoms with Crippen molar-refractivity contribution in [3.8, 4) is 0 Å². The summed E-state index contributed by atoms with van der Waals surface area (Å²) in [5.74, 6) is -0.0609. The van der Waals surface area contributed by atoms with Crippen LogP contribution in [0.5, 0.6) is 0 Å². The van der Waals surface area contributed by atoms with Crippen LogP contribution in [0, 0.1) is 12.8 Å². The number of alkyl halides is 3. The van der Waals surface area contributed by atoms with Crippen molar-refractivity contribution in [2.45, 2.75) is 72.5 Å². The monoisotopic (exact) mass is 467 g/mol. The van der Waals surface area contributed by atoms with Crippen molar-refractivity contribution < 1.29 is 18.0 Å². The highest BCUT2D eigenvalue weighted by Gasteiger charge is 2.32. The van der Waals surface area contributed by atoms with E-state index in [-0.39, 0.29) is 11.0 Å². The molecule has 0 radical (unpaired) electrons. The van der Waals surface area contributed by atoms with Gasteiger partial charge in [0.1, 0.15) is 0 Å². The van der Waals surface area contributed by atoms with Gasteiger partial charge in [0, 0.05) is 35.9 Å². The number of aromatic nitrogens is 1. The zero-order valence-corrected chi connectivity index (χ0v) is 20.5. The first-order valence-electron chi connectivity index (χ1n) is 11.1. The average molecular weight is 468 g/mol. The first kappa shape index (κ1) is 24.6. The number of nitrogens with zero attached hydrogens (tertiary/aromatic N) is 3. The Balaban J connectivity index is 2.16. The van der Waals surface area contributed by atoms with Crippen LogP contribution in [0.3, 0.4) is 0 Å². The van der Waals surface area contributed by atoms with Crippen molar-refractivity contribution in [2.75, 3.05) is 18.0 Å². The summed E-state index contributed by atoms with van der Waals surface area (Å²) in [6.45, 7) is 14.2. The van der Waals surface area contributed by atoms with Gasteiger partial charge in [-0.2, -0.15) is 18.2 Å². The topological polar surface area (TPSA) is 37.6 Å². The van der Waals surface area contributed by atoms with Crippen LogP contribution in [-0.2, 0) is 18.1 Å². The Morgan fingerprint density at radius 2 is 1.81 bits per heavy atom. The fourth-order valence-electron chi connectivity index (χ4n) is 3.91. The lowest BCUT2D eigenvalue weighted by molar-refractivity contribution is -0.137. The predicted octanol–water partition coefficient (Wildman–Crippen LogP) is 6.17. The maximum atomic E-state index is 13.4. The Bertz CT molecular complexity index is 1050. The van der Waals surface area contributed by atoms with Gasteiger partial charge in [-0.05, 0) is 63.1 Å². The Morgan fingerprint density at radius 1 is 1.19 bits per heavy atom. The molecule has 3 rings (SSSR count). The number of carbonyl (C=O) groups is 1. The van der Waals surface area contributed by atoms with Gasteiger partial charge >= 0.3 is 6.18 Å². The zero-order chi connectivity index (χ0) is 23.8. The van der Waals surface area contributed by atoms with Gasteiger partial charge in [0.25, 0.3) is 5.91 Å². The largest absolute Gasteiger partial charge is 0.416 e. The maximum Gasteiger partial charge on any atom is 0.416 e.